The summed E-state index contributed by atoms with van der Waals surface area (Å²) in [6, 6.07) is 0. The number of hydrogen-bond acceptors (Lipinski definition) is 3. The van der Waals surface area contributed by atoms with E-state index in [-0.39, 0.29) is 6.42 Å². The SMILES string of the molecule is CCC[NH2+]C.COCCCCCC(=O)[O-]. The number of carbonyl (C=O) groups excluding carboxylic acids is 1. The molecule has 0 amide bonds. The molecule has 0 fully saturated rings. The molecular weight excluding hydrogens is 194 g/mol. The molecule has 0 unspecified atom stereocenters. The predicted molar refractivity (Wildman–Crippen MR) is 58.4 cm³/mol. The van der Waals surface area contributed by atoms with E-state index in [0.29, 0.717) is 13.0 Å². The van der Waals surface area contributed by atoms with Crippen LogP contribution < -0.4 is 10.4 Å². The van der Waals surface area contributed by atoms with Gasteiger partial charge in [-0.2, -0.15) is 0 Å². The topological polar surface area (TPSA) is 66.0 Å². The van der Waals surface area contributed by atoms with Crippen LogP contribution in [0, 0.1) is 0 Å². The first-order valence-corrected chi connectivity index (χ1v) is 5.65. The van der Waals surface area contributed by atoms with Gasteiger partial charge in [-0.1, -0.05) is 13.3 Å². The smallest absolute Gasteiger partial charge is 0.0750 e. The average molecular weight is 219 g/mol. The van der Waals surface area contributed by atoms with Crippen LogP contribution >= 0.6 is 0 Å². The first-order chi connectivity index (χ1) is 7.18. The number of quaternary nitrogens is 1. The van der Waals surface area contributed by atoms with Crippen LogP contribution in [0.1, 0.15) is 39.0 Å². The van der Waals surface area contributed by atoms with Gasteiger partial charge in [0.1, 0.15) is 0 Å². The molecule has 0 aliphatic carbocycles. The van der Waals surface area contributed by atoms with Crippen molar-refractivity contribution in [3.05, 3.63) is 0 Å². The Morgan fingerprint density at radius 2 is 2.00 bits per heavy atom. The lowest BCUT2D eigenvalue weighted by Gasteiger charge is -2.00. The second kappa shape index (κ2) is 15.8. The molecule has 0 aliphatic rings. The minimum atomic E-state index is -0.961. The highest BCUT2D eigenvalue weighted by atomic mass is 16.5. The molecule has 0 aliphatic heterocycles. The monoisotopic (exact) mass is 219 g/mol. The summed E-state index contributed by atoms with van der Waals surface area (Å²) in [7, 11) is 3.72. The van der Waals surface area contributed by atoms with E-state index in [2.05, 4.69) is 19.3 Å². The molecule has 0 saturated heterocycles. The number of hydrogen-bond donors (Lipinski definition) is 1. The zero-order valence-electron chi connectivity index (χ0n) is 10.3. The molecule has 0 atom stereocenters. The Hall–Kier alpha value is -0.610. The lowest BCUT2D eigenvalue weighted by Crippen LogP contribution is -2.79. The summed E-state index contributed by atoms with van der Waals surface area (Å²) < 4.78 is 4.79. The van der Waals surface area contributed by atoms with E-state index in [1.807, 2.05) is 0 Å². The van der Waals surface area contributed by atoms with Gasteiger partial charge in [0.15, 0.2) is 0 Å². The number of nitrogens with two attached hydrogens (primary N) is 1. The van der Waals surface area contributed by atoms with Crippen molar-refractivity contribution in [1.29, 1.82) is 0 Å². The number of carbonyl (C=O) groups is 1. The molecular formula is C11H25NO3. The van der Waals surface area contributed by atoms with Gasteiger partial charge in [-0.3, -0.25) is 0 Å². The minimum Gasteiger partial charge on any atom is -0.550 e. The average Bonchev–Trinajstić information content (AvgIpc) is 2.19. The Labute approximate surface area is 93.0 Å². The standard InChI is InChI=1S/C7H14O3.C4H11N/c1-10-6-4-2-3-5-7(8)9;1-3-4-5-2/h2-6H2,1H3,(H,8,9);5H,3-4H2,1-2H3. The first kappa shape index (κ1) is 16.8. The van der Waals surface area contributed by atoms with Crippen molar-refractivity contribution in [2.75, 3.05) is 27.3 Å². The molecule has 0 spiro atoms. The molecule has 92 valence electrons. The Morgan fingerprint density at radius 1 is 1.33 bits per heavy atom. The largest absolute Gasteiger partial charge is 0.550 e. The van der Waals surface area contributed by atoms with E-state index in [9.17, 15) is 9.90 Å². The Balaban J connectivity index is 0. The summed E-state index contributed by atoms with van der Waals surface area (Å²) in [5.41, 5.74) is 0. The van der Waals surface area contributed by atoms with Crippen molar-refractivity contribution in [3.8, 4) is 0 Å². The van der Waals surface area contributed by atoms with Crippen LogP contribution in [0.4, 0.5) is 0 Å². The maximum atomic E-state index is 9.89. The zero-order chi connectivity index (χ0) is 11.9. The Bertz CT molecular complexity index is 127. The van der Waals surface area contributed by atoms with Crippen LogP contribution in [0.2, 0.25) is 0 Å². The van der Waals surface area contributed by atoms with Gasteiger partial charge in [0, 0.05) is 19.7 Å². The van der Waals surface area contributed by atoms with Gasteiger partial charge in [0.2, 0.25) is 0 Å². The van der Waals surface area contributed by atoms with E-state index in [1.54, 1.807) is 7.11 Å². The Kier molecular flexibility index (Phi) is 17.8. The van der Waals surface area contributed by atoms with Crippen molar-refractivity contribution in [2.24, 2.45) is 0 Å². The summed E-state index contributed by atoms with van der Waals surface area (Å²) >= 11 is 0. The number of rotatable bonds is 8. The second-order valence-electron chi connectivity index (χ2n) is 3.37. The van der Waals surface area contributed by atoms with Crippen LogP contribution in [0.3, 0.4) is 0 Å². The normalized spacial score (nSPS) is 9.27. The van der Waals surface area contributed by atoms with Crippen LogP contribution in [0.5, 0.6) is 0 Å². The molecule has 0 bridgehead atoms. The molecule has 0 radical (unpaired) electrons. The van der Waals surface area contributed by atoms with Gasteiger partial charge in [-0.25, -0.2) is 0 Å². The third-order valence-electron chi connectivity index (χ3n) is 1.81. The summed E-state index contributed by atoms with van der Waals surface area (Å²) in [5.74, 6) is -0.961. The van der Waals surface area contributed by atoms with Gasteiger partial charge in [0.05, 0.1) is 13.6 Å². The van der Waals surface area contributed by atoms with E-state index in [0.717, 1.165) is 12.8 Å². The fourth-order valence-corrected chi connectivity index (χ4v) is 0.981. The van der Waals surface area contributed by atoms with E-state index in [1.165, 1.54) is 13.0 Å². The molecule has 0 saturated carbocycles. The van der Waals surface area contributed by atoms with Gasteiger partial charge in [0.25, 0.3) is 0 Å². The van der Waals surface area contributed by atoms with Gasteiger partial charge in [-0.05, 0) is 25.7 Å². The Morgan fingerprint density at radius 3 is 2.33 bits per heavy atom. The van der Waals surface area contributed by atoms with Crippen LogP contribution in [0.25, 0.3) is 0 Å². The highest BCUT2D eigenvalue weighted by molar-refractivity contribution is 5.63. The molecule has 15 heavy (non-hydrogen) atoms. The van der Waals surface area contributed by atoms with Crippen molar-refractivity contribution < 1.29 is 20.0 Å². The number of unbranched alkanes of at least 4 members (excludes halogenated alkanes) is 2. The van der Waals surface area contributed by atoms with Crippen molar-refractivity contribution >= 4 is 5.97 Å². The summed E-state index contributed by atoms with van der Waals surface area (Å²) in [6.07, 6.45) is 4.00. The van der Waals surface area contributed by atoms with Crippen molar-refractivity contribution in [2.45, 2.75) is 39.0 Å². The first-order valence-electron chi connectivity index (χ1n) is 5.65. The predicted octanol–water partition coefficient (Wildman–Crippen LogP) is -0.467. The van der Waals surface area contributed by atoms with Gasteiger partial charge >= 0.3 is 0 Å². The van der Waals surface area contributed by atoms with Crippen molar-refractivity contribution in [3.63, 3.8) is 0 Å². The van der Waals surface area contributed by atoms with Crippen LogP contribution in [-0.4, -0.2) is 33.3 Å². The molecule has 2 N–H and O–H groups in total. The lowest BCUT2D eigenvalue weighted by atomic mass is 10.2. The highest BCUT2D eigenvalue weighted by Crippen LogP contribution is 1.98. The number of carboxylic acids is 1. The number of ether oxygens (including phenoxy) is 1. The zero-order valence-corrected chi connectivity index (χ0v) is 10.3. The van der Waals surface area contributed by atoms with Crippen molar-refractivity contribution in [1.82, 2.24) is 0 Å². The molecule has 4 nitrogen and oxygen atoms in total. The third-order valence-corrected chi connectivity index (χ3v) is 1.81. The van der Waals surface area contributed by atoms with E-state index >= 15 is 0 Å². The molecule has 0 heterocycles. The fraction of sp³-hybridized carbons (Fsp3) is 0.909. The molecule has 0 rings (SSSR count). The highest BCUT2D eigenvalue weighted by Gasteiger charge is 1.88. The third kappa shape index (κ3) is 24.7. The van der Waals surface area contributed by atoms with Crippen LogP contribution in [0.15, 0.2) is 0 Å². The van der Waals surface area contributed by atoms with Gasteiger partial charge < -0.3 is 20.0 Å². The van der Waals surface area contributed by atoms with Gasteiger partial charge in [-0.15, -0.1) is 0 Å². The minimum absolute atomic E-state index is 0.170. The molecule has 4 heteroatoms. The molecule has 0 aromatic carbocycles. The number of aliphatic carboxylic acids is 1. The summed E-state index contributed by atoms with van der Waals surface area (Å²) in [6.45, 7) is 4.16. The maximum Gasteiger partial charge on any atom is 0.0750 e. The number of methoxy groups -OCH3 is 1. The summed E-state index contributed by atoms with van der Waals surface area (Å²) in [4.78, 5) is 9.89. The fourth-order valence-electron chi connectivity index (χ4n) is 0.981. The molecule has 0 aromatic rings. The quantitative estimate of drug-likeness (QED) is 0.561. The molecule has 0 aromatic heterocycles. The van der Waals surface area contributed by atoms with E-state index in [4.69, 9.17) is 4.74 Å². The second-order valence-corrected chi connectivity index (χ2v) is 3.37. The number of carboxylic acid groups (broad SMARTS) is 1. The van der Waals surface area contributed by atoms with E-state index < -0.39 is 5.97 Å². The van der Waals surface area contributed by atoms with Crippen LogP contribution in [-0.2, 0) is 9.53 Å². The lowest BCUT2D eigenvalue weighted by molar-refractivity contribution is -0.626. The maximum absolute atomic E-state index is 9.89. The summed E-state index contributed by atoms with van der Waals surface area (Å²) in [5, 5.41) is 12.1.